The number of rotatable bonds is 7. The van der Waals surface area contributed by atoms with Crippen molar-refractivity contribution in [2.24, 2.45) is 0 Å². The van der Waals surface area contributed by atoms with Crippen LogP contribution in [0, 0.1) is 11.3 Å². The molecular formula is C16H23N7O. The van der Waals surface area contributed by atoms with Gasteiger partial charge in [-0.3, -0.25) is 0 Å². The number of aryl methyl sites for hydroxylation is 1. The summed E-state index contributed by atoms with van der Waals surface area (Å²) < 4.78 is 1.70. The molecule has 24 heavy (non-hydrogen) atoms. The molecule has 2 N–H and O–H groups in total. The molecule has 8 heteroatoms. The fourth-order valence-electron chi connectivity index (χ4n) is 3.07. The maximum Gasteiger partial charge on any atom is 0.163 e. The van der Waals surface area contributed by atoms with Gasteiger partial charge in [0.15, 0.2) is 5.65 Å². The van der Waals surface area contributed by atoms with Gasteiger partial charge in [0.1, 0.15) is 12.1 Å². The van der Waals surface area contributed by atoms with Crippen molar-refractivity contribution in [2.75, 3.05) is 31.5 Å². The minimum atomic E-state index is -0.443. The highest BCUT2D eigenvalue weighted by atomic mass is 16.3. The number of hydrogen-bond donors (Lipinski definition) is 2. The first-order chi connectivity index (χ1) is 11.8. The van der Waals surface area contributed by atoms with Crippen molar-refractivity contribution in [2.45, 2.75) is 38.3 Å². The summed E-state index contributed by atoms with van der Waals surface area (Å²) in [7, 11) is 0. The zero-order valence-electron chi connectivity index (χ0n) is 13.7. The second-order valence-corrected chi connectivity index (χ2v) is 6.13. The minimum absolute atomic E-state index is 0.387. The fraction of sp³-hybridized carbons (Fsp3) is 0.625. The Morgan fingerprint density at radius 3 is 2.92 bits per heavy atom. The van der Waals surface area contributed by atoms with Gasteiger partial charge in [0, 0.05) is 13.1 Å². The molecule has 0 radical (unpaired) electrons. The molecule has 0 amide bonds. The molecule has 1 aliphatic heterocycles. The van der Waals surface area contributed by atoms with Gasteiger partial charge in [-0.25, -0.2) is 14.6 Å². The van der Waals surface area contributed by atoms with Gasteiger partial charge in [-0.2, -0.15) is 10.4 Å². The lowest BCUT2D eigenvalue weighted by molar-refractivity contribution is 0.109. The molecule has 0 unspecified atom stereocenters. The van der Waals surface area contributed by atoms with Crippen LogP contribution in [0.4, 0.5) is 5.82 Å². The zero-order valence-corrected chi connectivity index (χ0v) is 13.7. The number of β-amino-alcohol motifs (C(OH)–C–C–N with tert-alkyl or cyclic N) is 1. The van der Waals surface area contributed by atoms with Gasteiger partial charge in [0.25, 0.3) is 0 Å². The summed E-state index contributed by atoms with van der Waals surface area (Å²) in [5.74, 6) is 0.668. The maximum absolute atomic E-state index is 10.3. The molecule has 3 heterocycles. The average molecular weight is 329 g/mol. The minimum Gasteiger partial charge on any atom is -0.390 e. The zero-order chi connectivity index (χ0) is 16.8. The van der Waals surface area contributed by atoms with E-state index in [-0.39, 0.29) is 0 Å². The molecule has 2 aromatic heterocycles. The van der Waals surface area contributed by atoms with Gasteiger partial charge >= 0.3 is 0 Å². The van der Waals surface area contributed by atoms with Crippen LogP contribution in [0.1, 0.15) is 25.7 Å². The van der Waals surface area contributed by atoms with E-state index in [1.807, 2.05) is 0 Å². The van der Waals surface area contributed by atoms with E-state index in [0.29, 0.717) is 37.5 Å². The number of aliphatic hydroxyl groups is 1. The highest BCUT2D eigenvalue weighted by Crippen LogP contribution is 2.19. The number of nitrogens with one attached hydrogen (secondary N) is 1. The van der Waals surface area contributed by atoms with Gasteiger partial charge < -0.3 is 15.3 Å². The third-order valence-corrected chi connectivity index (χ3v) is 4.29. The van der Waals surface area contributed by atoms with Crippen molar-refractivity contribution < 1.29 is 5.11 Å². The van der Waals surface area contributed by atoms with Crippen LogP contribution in [0.5, 0.6) is 0 Å². The number of fused-ring (bicyclic) bond motifs is 1. The fourth-order valence-corrected chi connectivity index (χ4v) is 3.07. The Balaban J connectivity index is 1.60. The Labute approximate surface area is 141 Å². The van der Waals surface area contributed by atoms with Crippen LogP contribution in [0.25, 0.3) is 11.0 Å². The molecule has 1 fully saturated rings. The molecule has 0 aliphatic carbocycles. The SMILES string of the molecule is N#CCCn1ncc2c(NC[C@H](O)CN3CCCCC3)ncnc21. The first kappa shape index (κ1) is 16.6. The molecule has 128 valence electrons. The van der Waals surface area contributed by atoms with E-state index in [1.165, 1.54) is 25.6 Å². The predicted octanol–water partition coefficient (Wildman–Crippen LogP) is 0.999. The predicted molar refractivity (Wildman–Crippen MR) is 90.3 cm³/mol. The molecule has 0 spiro atoms. The topological polar surface area (TPSA) is 103 Å². The number of aliphatic hydroxyl groups excluding tert-OH is 1. The molecule has 0 bridgehead atoms. The lowest BCUT2D eigenvalue weighted by Gasteiger charge is -2.28. The van der Waals surface area contributed by atoms with Crippen LogP contribution in [0.2, 0.25) is 0 Å². The number of aromatic nitrogens is 4. The van der Waals surface area contributed by atoms with Crippen LogP contribution < -0.4 is 5.32 Å². The number of piperidine rings is 1. The molecule has 8 nitrogen and oxygen atoms in total. The summed E-state index contributed by atoms with van der Waals surface area (Å²) in [4.78, 5) is 10.8. The van der Waals surface area contributed by atoms with Crippen molar-refractivity contribution >= 4 is 16.9 Å². The number of nitriles is 1. The lowest BCUT2D eigenvalue weighted by Crippen LogP contribution is -2.39. The summed E-state index contributed by atoms with van der Waals surface area (Å²) in [6, 6.07) is 2.11. The van der Waals surface area contributed by atoms with Gasteiger partial charge in [-0.15, -0.1) is 0 Å². The Bertz CT molecular complexity index is 702. The molecule has 2 aromatic rings. The molecule has 1 aliphatic rings. The normalized spacial score (nSPS) is 16.8. The lowest BCUT2D eigenvalue weighted by atomic mass is 10.1. The van der Waals surface area contributed by atoms with Crippen molar-refractivity contribution in [3.63, 3.8) is 0 Å². The van der Waals surface area contributed by atoms with Crippen molar-refractivity contribution in [3.05, 3.63) is 12.5 Å². The van der Waals surface area contributed by atoms with Crippen LogP contribution >= 0.6 is 0 Å². The summed E-state index contributed by atoms with van der Waals surface area (Å²) in [5, 5.41) is 27.2. The van der Waals surface area contributed by atoms with E-state index >= 15 is 0 Å². The molecule has 1 atom stereocenters. The van der Waals surface area contributed by atoms with Crippen LogP contribution in [0.3, 0.4) is 0 Å². The van der Waals surface area contributed by atoms with E-state index in [2.05, 4.69) is 31.4 Å². The van der Waals surface area contributed by atoms with E-state index in [0.717, 1.165) is 18.5 Å². The van der Waals surface area contributed by atoms with Gasteiger partial charge in [0.2, 0.25) is 0 Å². The summed E-state index contributed by atoms with van der Waals surface area (Å²) in [5.41, 5.74) is 0.702. The first-order valence-electron chi connectivity index (χ1n) is 8.45. The smallest absolute Gasteiger partial charge is 0.163 e. The van der Waals surface area contributed by atoms with Crippen molar-refractivity contribution in [3.8, 4) is 6.07 Å². The highest BCUT2D eigenvalue weighted by molar-refractivity contribution is 5.86. The number of hydrogen-bond acceptors (Lipinski definition) is 7. The Morgan fingerprint density at radius 1 is 1.29 bits per heavy atom. The second kappa shape index (κ2) is 8.04. The molecule has 0 saturated carbocycles. The molecule has 1 saturated heterocycles. The summed E-state index contributed by atoms with van der Waals surface area (Å²) in [6.07, 6.45) is 6.85. The Kier molecular flexibility index (Phi) is 5.56. The van der Waals surface area contributed by atoms with E-state index < -0.39 is 6.10 Å². The van der Waals surface area contributed by atoms with Gasteiger partial charge in [0.05, 0.1) is 36.7 Å². The Morgan fingerprint density at radius 2 is 2.12 bits per heavy atom. The third-order valence-electron chi connectivity index (χ3n) is 4.29. The summed E-state index contributed by atoms with van der Waals surface area (Å²) in [6.45, 7) is 3.77. The number of likely N-dealkylation sites (tertiary alicyclic amines) is 1. The molecular weight excluding hydrogens is 306 g/mol. The Hall–Kier alpha value is -2.24. The number of nitrogens with zero attached hydrogens (tertiary/aromatic N) is 6. The van der Waals surface area contributed by atoms with E-state index in [1.54, 1.807) is 10.9 Å². The highest BCUT2D eigenvalue weighted by Gasteiger charge is 2.15. The quantitative estimate of drug-likeness (QED) is 0.781. The standard InChI is InChI=1S/C16H23N7O/c17-5-4-8-23-16-14(10-21-23)15(19-12-20-16)18-9-13(24)11-22-6-2-1-3-7-22/h10,12-13,24H,1-4,6-9,11H2,(H,18,19,20)/t13-/m0/s1. The third kappa shape index (κ3) is 3.99. The van der Waals surface area contributed by atoms with Crippen LogP contribution in [-0.2, 0) is 6.54 Å². The second-order valence-electron chi connectivity index (χ2n) is 6.13. The maximum atomic E-state index is 10.3. The van der Waals surface area contributed by atoms with Crippen molar-refractivity contribution in [1.82, 2.24) is 24.6 Å². The van der Waals surface area contributed by atoms with E-state index in [4.69, 9.17) is 5.26 Å². The van der Waals surface area contributed by atoms with Crippen LogP contribution in [-0.4, -0.2) is 62.0 Å². The summed E-state index contributed by atoms with van der Waals surface area (Å²) >= 11 is 0. The molecule has 0 aromatic carbocycles. The largest absolute Gasteiger partial charge is 0.390 e. The monoisotopic (exact) mass is 329 g/mol. The van der Waals surface area contributed by atoms with Gasteiger partial charge in [-0.1, -0.05) is 6.42 Å². The van der Waals surface area contributed by atoms with E-state index in [9.17, 15) is 5.11 Å². The van der Waals surface area contributed by atoms with Crippen LogP contribution in [0.15, 0.2) is 12.5 Å². The average Bonchev–Trinajstić information content (AvgIpc) is 3.02. The number of anilines is 1. The van der Waals surface area contributed by atoms with Crippen molar-refractivity contribution in [1.29, 1.82) is 5.26 Å². The first-order valence-corrected chi connectivity index (χ1v) is 8.45. The molecule has 3 rings (SSSR count). The van der Waals surface area contributed by atoms with Gasteiger partial charge in [-0.05, 0) is 25.9 Å².